The number of benzene rings is 1. The van der Waals surface area contributed by atoms with E-state index in [1.165, 1.54) is 21.7 Å². The van der Waals surface area contributed by atoms with Crippen molar-refractivity contribution >= 4 is 29.2 Å². The number of ether oxygens (including phenoxy) is 3. The summed E-state index contributed by atoms with van der Waals surface area (Å²) in [6.45, 7) is 2.35. The molecule has 0 bridgehead atoms. The van der Waals surface area contributed by atoms with Gasteiger partial charge in [0.25, 0.3) is 0 Å². The maximum atomic E-state index is 14.9. The highest BCUT2D eigenvalue weighted by atomic mass is 19.1. The van der Waals surface area contributed by atoms with Crippen LogP contribution in [0.2, 0.25) is 0 Å². The van der Waals surface area contributed by atoms with Gasteiger partial charge in [0.1, 0.15) is 37.4 Å². The summed E-state index contributed by atoms with van der Waals surface area (Å²) >= 11 is 0. The van der Waals surface area contributed by atoms with Gasteiger partial charge in [0.05, 0.1) is 24.5 Å². The minimum Gasteiger partial charge on any atom is -0.443 e. The third-order valence-electron chi connectivity index (χ3n) is 6.51. The number of nitrogens with zero attached hydrogens (tertiary/aromatic N) is 6. The Bertz CT molecular complexity index is 1200. The number of anilines is 2. The molecule has 0 saturated carbocycles. The van der Waals surface area contributed by atoms with E-state index >= 15 is 0 Å². The van der Waals surface area contributed by atoms with Crippen LogP contribution in [-0.4, -0.2) is 96.1 Å². The van der Waals surface area contributed by atoms with Crippen LogP contribution in [-0.2, 0) is 20.8 Å². The average molecular weight is 519 g/mol. The number of halogens is 1. The van der Waals surface area contributed by atoms with Gasteiger partial charge >= 0.3 is 17.9 Å². The van der Waals surface area contributed by atoms with Gasteiger partial charge in [0, 0.05) is 37.7 Å². The first kappa shape index (κ1) is 24.7. The molecule has 1 aromatic heterocycles. The highest BCUT2D eigenvalue weighted by Gasteiger charge is 2.33. The standard InChI is InChI=1S/C22H26FN7O7/c23-17-7-14(29-10-15(8-24)37-22(29)32)1-2-18(17)26-3-5-27(6-4-26)20(31)13-35-16-9-28-11-19(30(33)34)25-21(28)36-12-16/h1-2,7,11,15-16H,3-6,8-10,12-13,24H2/t15-,16-/m0/s1. The Morgan fingerprint density at radius 3 is 2.73 bits per heavy atom. The van der Waals surface area contributed by atoms with Crippen molar-refractivity contribution in [2.24, 2.45) is 5.73 Å². The summed E-state index contributed by atoms with van der Waals surface area (Å²) in [6.07, 6.45) is -0.151. The fourth-order valence-corrected chi connectivity index (χ4v) is 4.51. The molecule has 2 aromatic rings. The molecule has 15 heteroatoms. The molecule has 37 heavy (non-hydrogen) atoms. The monoisotopic (exact) mass is 519 g/mol. The highest BCUT2D eigenvalue weighted by molar-refractivity contribution is 5.90. The summed E-state index contributed by atoms with van der Waals surface area (Å²) in [6, 6.07) is 4.73. The van der Waals surface area contributed by atoms with Crippen molar-refractivity contribution in [2.75, 3.05) is 62.3 Å². The van der Waals surface area contributed by atoms with Crippen molar-refractivity contribution in [2.45, 2.75) is 18.8 Å². The zero-order valence-corrected chi connectivity index (χ0v) is 19.8. The number of rotatable bonds is 7. The van der Waals surface area contributed by atoms with Crippen LogP contribution in [0.3, 0.4) is 0 Å². The molecular formula is C22H26FN7O7. The summed E-state index contributed by atoms with van der Waals surface area (Å²) < 4.78 is 32.6. The minimum atomic E-state index is -0.602. The molecule has 1 aromatic carbocycles. The van der Waals surface area contributed by atoms with Crippen molar-refractivity contribution in [1.29, 1.82) is 0 Å². The van der Waals surface area contributed by atoms with Crippen LogP contribution in [0.4, 0.5) is 26.4 Å². The fourth-order valence-electron chi connectivity index (χ4n) is 4.51. The van der Waals surface area contributed by atoms with Gasteiger partial charge in [-0.25, -0.2) is 9.18 Å². The summed E-state index contributed by atoms with van der Waals surface area (Å²) in [5.41, 5.74) is 6.34. The number of piperazine rings is 1. The minimum absolute atomic E-state index is 0.131. The average Bonchev–Trinajstić information content (AvgIpc) is 3.50. The number of hydrogen-bond acceptors (Lipinski definition) is 10. The number of amides is 2. The third-order valence-corrected chi connectivity index (χ3v) is 6.51. The van der Waals surface area contributed by atoms with Crippen LogP contribution in [0.1, 0.15) is 0 Å². The van der Waals surface area contributed by atoms with Crippen molar-refractivity contribution in [3.63, 3.8) is 0 Å². The molecule has 2 atom stereocenters. The number of carbonyl (C=O) groups excluding carboxylic acids is 2. The normalized spacial score (nSPS) is 21.5. The first-order valence-corrected chi connectivity index (χ1v) is 11.8. The number of cyclic esters (lactones) is 1. The molecule has 3 aliphatic rings. The van der Waals surface area contributed by atoms with Gasteiger partial charge in [-0.2, -0.15) is 0 Å². The maximum Gasteiger partial charge on any atom is 0.414 e. The van der Waals surface area contributed by atoms with Crippen LogP contribution in [0.5, 0.6) is 6.01 Å². The molecule has 0 spiro atoms. The summed E-state index contributed by atoms with van der Waals surface area (Å²) in [5.74, 6) is -0.990. The van der Waals surface area contributed by atoms with Crippen LogP contribution < -0.4 is 20.3 Å². The van der Waals surface area contributed by atoms with E-state index in [1.807, 2.05) is 4.90 Å². The largest absolute Gasteiger partial charge is 0.443 e. The Morgan fingerprint density at radius 1 is 1.27 bits per heavy atom. The number of aromatic nitrogens is 2. The molecule has 198 valence electrons. The van der Waals surface area contributed by atoms with Crippen LogP contribution >= 0.6 is 0 Å². The lowest BCUT2D eigenvalue weighted by Crippen LogP contribution is -2.50. The summed E-state index contributed by atoms with van der Waals surface area (Å²) in [5, 5.41) is 10.9. The first-order chi connectivity index (χ1) is 17.8. The second kappa shape index (κ2) is 10.2. The molecule has 4 heterocycles. The van der Waals surface area contributed by atoms with E-state index in [0.717, 1.165) is 0 Å². The van der Waals surface area contributed by atoms with Gasteiger partial charge in [-0.3, -0.25) is 14.3 Å². The van der Waals surface area contributed by atoms with Gasteiger partial charge in [0.15, 0.2) is 0 Å². The second-order valence-corrected chi connectivity index (χ2v) is 8.89. The molecule has 2 fully saturated rings. The molecule has 2 amide bonds. The lowest BCUT2D eigenvalue weighted by atomic mass is 10.2. The quantitative estimate of drug-likeness (QED) is 0.399. The molecule has 0 radical (unpaired) electrons. The smallest absolute Gasteiger partial charge is 0.414 e. The van der Waals surface area contributed by atoms with E-state index in [2.05, 4.69) is 4.98 Å². The van der Waals surface area contributed by atoms with E-state index in [1.54, 1.807) is 17.0 Å². The van der Waals surface area contributed by atoms with E-state index < -0.39 is 29.0 Å². The lowest BCUT2D eigenvalue weighted by molar-refractivity contribution is -0.389. The molecule has 14 nitrogen and oxygen atoms in total. The van der Waals surface area contributed by atoms with Crippen LogP contribution in [0, 0.1) is 15.9 Å². The van der Waals surface area contributed by atoms with E-state index in [0.29, 0.717) is 37.6 Å². The molecule has 3 aliphatic heterocycles. The van der Waals surface area contributed by atoms with Gasteiger partial charge in [-0.1, -0.05) is 0 Å². The van der Waals surface area contributed by atoms with Gasteiger partial charge in [-0.15, -0.1) is 0 Å². The number of nitrogens with two attached hydrogens (primary N) is 1. The number of nitro groups is 1. The summed E-state index contributed by atoms with van der Waals surface area (Å²) in [4.78, 5) is 43.6. The topological polar surface area (TPSA) is 159 Å². The molecule has 2 saturated heterocycles. The Balaban J connectivity index is 1.11. The predicted octanol–water partition coefficient (Wildman–Crippen LogP) is 0.341. The third kappa shape index (κ3) is 5.13. The zero-order chi connectivity index (χ0) is 26.1. The molecule has 2 N–H and O–H groups in total. The number of carbonyl (C=O) groups is 2. The maximum absolute atomic E-state index is 14.9. The lowest BCUT2D eigenvalue weighted by Gasteiger charge is -2.36. The second-order valence-electron chi connectivity index (χ2n) is 8.89. The van der Waals surface area contributed by atoms with E-state index in [9.17, 15) is 24.1 Å². The van der Waals surface area contributed by atoms with E-state index in [4.69, 9.17) is 19.9 Å². The fraction of sp³-hybridized carbons (Fsp3) is 0.500. The zero-order valence-electron chi connectivity index (χ0n) is 19.8. The number of imidazole rings is 1. The Hall–Kier alpha value is -3.98. The SMILES string of the molecule is NC[C@H]1CN(c2ccc(N3CCN(C(=O)CO[C@@H]4COc5nc([N+](=O)[O-])cn5C4)CC3)c(F)c2)C(=O)O1. The molecule has 0 aliphatic carbocycles. The Labute approximate surface area is 210 Å². The summed E-state index contributed by atoms with van der Waals surface area (Å²) in [7, 11) is 0. The molecule has 5 rings (SSSR count). The Kier molecular flexibility index (Phi) is 6.80. The van der Waals surface area contributed by atoms with Crippen molar-refractivity contribution in [3.05, 3.63) is 40.3 Å². The van der Waals surface area contributed by atoms with Crippen molar-refractivity contribution in [1.82, 2.24) is 14.5 Å². The molecular weight excluding hydrogens is 493 g/mol. The number of hydrogen-bond donors (Lipinski definition) is 1. The number of fused-ring (bicyclic) bond motifs is 1. The van der Waals surface area contributed by atoms with E-state index in [-0.39, 0.29) is 50.6 Å². The predicted molar refractivity (Wildman–Crippen MR) is 126 cm³/mol. The van der Waals surface area contributed by atoms with Crippen LogP contribution in [0.15, 0.2) is 24.4 Å². The Morgan fingerprint density at radius 2 is 2.05 bits per heavy atom. The van der Waals surface area contributed by atoms with Gasteiger partial charge in [-0.05, 0) is 23.1 Å². The first-order valence-electron chi connectivity index (χ1n) is 11.8. The van der Waals surface area contributed by atoms with Crippen LogP contribution in [0.25, 0.3) is 0 Å². The van der Waals surface area contributed by atoms with Gasteiger partial charge < -0.3 is 39.9 Å². The van der Waals surface area contributed by atoms with Gasteiger partial charge in [0.2, 0.25) is 5.91 Å². The molecule has 0 unspecified atom stereocenters. The van der Waals surface area contributed by atoms with Crippen molar-refractivity contribution < 1.29 is 33.1 Å². The highest BCUT2D eigenvalue weighted by Crippen LogP contribution is 2.28. The van der Waals surface area contributed by atoms with Crippen molar-refractivity contribution in [3.8, 4) is 6.01 Å².